The number of fused-ring (bicyclic) bond motifs is 1. The lowest BCUT2D eigenvalue weighted by molar-refractivity contribution is -0.142. The SMILES string of the molecule is CCOc1ccc(OCC)c(N=c2oc3c(C)ncc(COC(C)=O)c3cc2C(=O)Nc2ccc(C(=O)OC)cc2)c1. The molecule has 2 aromatic carbocycles. The number of esters is 2. The van der Waals surface area contributed by atoms with Crippen LogP contribution in [0.25, 0.3) is 11.0 Å². The minimum atomic E-state index is -0.531. The van der Waals surface area contributed by atoms with Crippen LogP contribution in [0.2, 0.25) is 0 Å². The summed E-state index contributed by atoms with van der Waals surface area (Å²) in [5.41, 5.74) is 2.72. The van der Waals surface area contributed by atoms with Gasteiger partial charge < -0.3 is 28.7 Å². The van der Waals surface area contributed by atoms with Crippen molar-refractivity contribution in [1.29, 1.82) is 0 Å². The highest BCUT2D eigenvalue weighted by Gasteiger charge is 2.18. The van der Waals surface area contributed by atoms with E-state index >= 15 is 0 Å². The zero-order chi connectivity index (χ0) is 30.2. The number of hydrogen-bond donors (Lipinski definition) is 1. The summed E-state index contributed by atoms with van der Waals surface area (Å²) >= 11 is 0. The Bertz CT molecular complexity index is 1690. The number of nitrogens with one attached hydrogen (secondary N) is 1. The third-order valence-corrected chi connectivity index (χ3v) is 6.05. The van der Waals surface area contributed by atoms with Gasteiger partial charge in [-0.3, -0.25) is 14.6 Å². The van der Waals surface area contributed by atoms with E-state index in [9.17, 15) is 14.4 Å². The number of carbonyl (C=O) groups is 3. The maximum absolute atomic E-state index is 13.7. The number of methoxy groups -OCH3 is 1. The van der Waals surface area contributed by atoms with Crippen LogP contribution < -0.4 is 20.3 Å². The van der Waals surface area contributed by atoms with Gasteiger partial charge in [0.15, 0.2) is 5.58 Å². The molecule has 0 bridgehead atoms. The van der Waals surface area contributed by atoms with Gasteiger partial charge >= 0.3 is 11.9 Å². The molecular weight excluding hydrogens is 542 g/mol. The van der Waals surface area contributed by atoms with E-state index in [1.165, 1.54) is 26.2 Å². The van der Waals surface area contributed by atoms with Crippen molar-refractivity contribution in [3.05, 3.63) is 82.7 Å². The lowest BCUT2D eigenvalue weighted by Crippen LogP contribution is -2.22. The summed E-state index contributed by atoms with van der Waals surface area (Å²) in [5.74, 6) is -0.445. The molecule has 0 aliphatic carbocycles. The van der Waals surface area contributed by atoms with Gasteiger partial charge in [0.05, 0.1) is 31.6 Å². The van der Waals surface area contributed by atoms with Gasteiger partial charge in [0, 0.05) is 35.8 Å². The number of pyridine rings is 1. The zero-order valence-electron chi connectivity index (χ0n) is 24.0. The molecule has 1 N–H and O–H groups in total. The molecule has 1 amide bonds. The maximum Gasteiger partial charge on any atom is 0.337 e. The molecule has 4 rings (SSSR count). The summed E-state index contributed by atoms with van der Waals surface area (Å²) in [6.07, 6.45) is 1.57. The second-order valence-electron chi connectivity index (χ2n) is 8.99. The number of hydrogen-bond acceptors (Lipinski definition) is 10. The summed E-state index contributed by atoms with van der Waals surface area (Å²) < 4.78 is 27.6. The number of carbonyl (C=O) groups excluding carboxylic acids is 3. The number of benzene rings is 2. The van der Waals surface area contributed by atoms with Gasteiger partial charge in [-0.2, -0.15) is 0 Å². The van der Waals surface area contributed by atoms with Crippen LogP contribution in [0.5, 0.6) is 11.5 Å². The normalized spacial score (nSPS) is 11.2. The van der Waals surface area contributed by atoms with Crippen LogP contribution in [0.3, 0.4) is 0 Å². The van der Waals surface area contributed by atoms with E-state index in [1.54, 1.807) is 49.5 Å². The van der Waals surface area contributed by atoms with Crippen LogP contribution >= 0.6 is 0 Å². The van der Waals surface area contributed by atoms with Crippen LogP contribution in [0.1, 0.15) is 52.7 Å². The van der Waals surface area contributed by atoms with Crippen LogP contribution in [0, 0.1) is 6.92 Å². The van der Waals surface area contributed by atoms with Crippen molar-refractivity contribution >= 4 is 40.2 Å². The van der Waals surface area contributed by atoms with Gasteiger partial charge in [0.25, 0.3) is 5.91 Å². The monoisotopic (exact) mass is 573 g/mol. The van der Waals surface area contributed by atoms with Gasteiger partial charge in [-0.1, -0.05) is 0 Å². The number of ether oxygens (including phenoxy) is 4. The average molecular weight is 574 g/mol. The molecular formula is C31H31N3O8. The van der Waals surface area contributed by atoms with E-state index in [0.29, 0.717) is 63.9 Å². The lowest BCUT2D eigenvalue weighted by atomic mass is 10.1. The number of aryl methyl sites for hydroxylation is 1. The van der Waals surface area contributed by atoms with E-state index in [1.807, 2.05) is 13.8 Å². The van der Waals surface area contributed by atoms with Crippen molar-refractivity contribution in [3.63, 3.8) is 0 Å². The van der Waals surface area contributed by atoms with Crippen molar-refractivity contribution in [2.45, 2.75) is 34.3 Å². The average Bonchev–Trinajstić information content (AvgIpc) is 2.98. The van der Waals surface area contributed by atoms with Gasteiger partial charge in [0.1, 0.15) is 29.4 Å². The highest BCUT2D eigenvalue weighted by molar-refractivity contribution is 6.06. The van der Waals surface area contributed by atoms with Crippen LogP contribution in [0.4, 0.5) is 11.4 Å². The van der Waals surface area contributed by atoms with Gasteiger partial charge in [-0.25, -0.2) is 9.79 Å². The molecule has 11 heteroatoms. The standard InChI is InChI=1S/C31H31N3O8/c1-6-39-23-12-13-27(40-7-2)26(14-23)34-30-25(29(36)33-22-10-8-20(9-11-22)31(37)38-5)15-24-21(17-41-19(4)35)16-32-18(3)28(24)42-30/h8-16H,6-7,17H2,1-5H3,(H,33,36). The molecule has 42 heavy (non-hydrogen) atoms. The maximum atomic E-state index is 13.7. The minimum Gasteiger partial charge on any atom is -0.494 e. The first-order chi connectivity index (χ1) is 20.2. The fourth-order valence-corrected chi connectivity index (χ4v) is 4.06. The number of anilines is 1. The Morgan fingerprint density at radius 2 is 1.74 bits per heavy atom. The van der Waals surface area contributed by atoms with Gasteiger partial charge in [-0.05, 0) is 63.2 Å². The van der Waals surface area contributed by atoms with Crippen molar-refractivity contribution < 1.29 is 37.7 Å². The van der Waals surface area contributed by atoms with Gasteiger partial charge in [0.2, 0.25) is 5.55 Å². The first-order valence-electron chi connectivity index (χ1n) is 13.2. The second-order valence-corrected chi connectivity index (χ2v) is 8.99. The number of aromatic nitrogens is 1. The lowest BCUT2D eigenvalue weighted by Gasteiger charge is -2.12. The Morgan fingerprint density at radius 1 is 1.00 bits per heavy atom. The molecule has 2 aromatic heterocycles. The molecule has 11 nitrogen and oxygen atoms in total. The fraction of sp³-hybridized carbons (Fsp3) is 0.258. The molecule has 0 atom stereocenters. The van der Waals surface area contributed by atoms with Crippen LogP contribution in [0.15, 0.2) is 64.1 Å². The highest BCUT2D eigenvalue weighted by Crippen LogP contribution is 2.32. The van der Waals surface area contributed by atoms with E-state index < -0.39 is 17.8 Å². The Balaban J connectivity index is 1.90. The number of rotatable bonds is 10. The Morgan fingerprint density at radius 3 is 2.40 bits per heavy atom. The summed E-state index contributed by atoms with van der Waals surface area (Å²) in [4.78, 5) is 46.1. The predicted octanol–water partition coefficient (Wildman–Crippen LogP) is 5.27. The fourth-order valence-electron chi connectivity index (χ4n) is 4.06. The molecule has 0 saturated heterocycles. The first kappa shape index (κ1) is 29.8. The smallest absolute Gasteiger partial charge is 0.337 e. The zero-order valence-corrected chi connectivity index (χ0v) is 24.0. The molecule has 4 aromatic rings. The molecule has 0 aliphatic heterocycles. The quantitative estimate of drug-likeness (QED) is 0.251. The third-order valence-electron chi connectivity index (χ3n) is 6.05. The van der Waals surface area contributed by atoms with Crippen molar-refractivity contribution in [3.8, 4) is 11.5 Å². The van der Waals surface area contributed by atoms with E-state index in [-0.39, 0.29) is 17.7 Å². The molecule has 0 radical (unpaired) electrons. The van der Waals surface area contributed by atoms with E-state index in [4.69, 9.17) is 28.4 Å². The van der Waals surface area contributed by atoms with Crippen LogP contribution in [-0.4, -0.2) is 43.2 Å². The van der Waals surface area contributed by atoms with E-state index in [2.05, 4.69) is 10.3 Å². The highest BCUT2D eigenvalue weighted by atomic mass is 16.5. The molecule has 0 fully saturated rings. The molecule has 218 valence electrons. The Kier molecular flexibility index (Phi) is 9.53. The summed E-state index contributed by atoms with van der Waals surface area (Å²) in [6, 6.07) is 13.1. The molecule has 0 unspecified atom stereocenters. The second kappa shape index (κ2) is 13.4. The molecule has 0 aliphatic rings. The summed E-state index contributed by atoms with van der Waals surface area (Å²) in [7, 11) is 1.29. The topological polar surface area (TPSA) is 139 Å². The predicted molar refractivity (Wildman–Crippen MR) is 154 cm³/mol. The summed E-state index contributed by atoms with van der Waals surface area (Å²) in [6.45, 7) is 7.57. The van der Waals surface area contributed by atoms with Crippen molar-refractivity contribution in [2.24, 2.45) is 4.99 Å². The van der Waals surface area contributed by atoms with Crippen LogP contribution in [-0.2, 0) is 20.9 Å². The Hall–Kier alpha value is -5.19. The number of nitrogens with zero attached hydrogens (tertiary/aromatic N) is 2. The molecule has 0 saturated carbocycles. The molecule has 0 spiro atoms. The Labute approximate surface area is 242 Å². The number of amides is 1. The van der Waals surface area contributed by atoms with E-state index in [0.717, 1.165) is 0 Å². The first-order valence-corrected chi connectivity index (χ1v) is 13.2. The minimum absolute atomic E-state index is 0.00433. The third kappa shape index (κ3) is 6.92. The van der Waals surface area contributed by atoms with Crippen molar-refractivity contribution in [2.75, 3.05) is 25.6 Å². The summed E-state index contributed by atoms with van der Waals surface area (Å²) in [5, 5.41) is 3.35. The van der Waals surface area contributed by atoms with Crippen molar-refractivity contribution in [1.82, 2.24) is 4.98 Å². The van der Waals surface area contributed by atoms with Gasteiger partial charge in [-0.15, -0.1) is 0 Å². The molecule has 2 heterocycles. The largest absolute Gasteiger partial charge is 0.494 e.